The lowest BCUT2D eigenvalue weighted by Crippen LogP contribution is -2.14. The molecule has 1 fully saturated rings. The maximum atomic E-state index is 12.8. The van der Waals surface area contributed by atoms with Crippen LogP contribution in [-0.2, 0) is 0 Å². The van der Waals surface area contributed by atoms with E-state index in [1.54, 1.807) is 17.8 Å². The SMILES string of the molecule is O=C(Nc1cn(C2CCCCC2)nc1-c1nnco1)c1csc(-c2cn[nH]c2)n1. The molecule has 29 heavy (non-hydrogen) atoms. The first kappa shape index (κ1) is 17.7. The van der Waals surface area contributed by atoms with Crippen molar-refractivity contribution < 1.29 is 9.21 Å². The summed E-state index contributed by atoms with van der Waals surface area (Å²) >= 11 is 1.38. The molecule has 0 unspecified atom stereocenters. The molecule has 0 radical (unpaired) electrons. The second kappa shape index (κ2) is 7.59. The zero-order valence-corrected chi connectivity index (χ0v) is 16.2. The predicted octanol–water partition coefficient (Wildman–Crippen LogP) is 3.54. The fourth-order valence-electron chi connectivity index (χ4n) is 3.51. The quantitative estimate of drug-likeness (QED) is 0.515. The average Bonchev–Trinajstić information content (AvgIpc) is 3.55. The number of amides is 1. The molecule has 0 spiro atoms. The maximum absolute atomic E-state index is 12.8. The second-order valence-corrected chi connectivity index (χ2v) is 7.74. The number of anilines is 1. The predicted molar refractivity (Wildman–Crippen MR) is 105 cm³/mol. The molecule has 0 aromatic carbocycles. The normalized spacial score (nSPS) is 14.9. The Balaban J connectivity index is 1.42. The zero-order chi connectivity index (χ0) is 19.6. The van der Waals surface area contributed by atoms with Crippen LogP contribution in [0.2, 0.25) is 0 Å². The van der Waals surface area contributed by atoms with Crippen molar-refractivity contribution in [2.45, 2.75) is 38.1 Å². The Kier molecular flexibility index (Phi) is 4.64. The Labute approximate surface area is 169 Å². The van der Waals surface area contributed by atoms with Gasteiger partial charge in [-0.3, -0.25) is 14.6 Å². The van der Waals surface area contributed by atoms with E-state index in [0.717, 1.165) is 23.4 Å². The van der Waals surface area contributed by atoms with Crippen molar-refractivity contribution in [2.24, 2.45) is 0 Å². The monoisotopic (exact) mass is 410 g/mol. The molecule has 0 bridgehead atoms. The third-order valence-electron chi connectivity index (χ3n) is 4.97. The Bertz CT molecular complexity index is 1090. The van der Waals surface area contributed by atoms with Crippen LogP contribution >= 0.6 is 11.3 Å². The molecule has 10 nitrogen and oxygen atoms in total. The van der Waals surface area contributed by atoms with Crippen molar-refractivity contribution >= 4 is 22.9 Å². The molecule has 148 valence electrons. The van der Waals surface area contributed by atoms with Gasteiger partial charge in [0, 0.05) is 23.3 Å². The Morgan fingerprint density at radius 3 is 2.97 bits per heavy atom. The summed E-state index contributed by atoms with van der Waals surface area (Å²) in [5.74, 6) is -0.0489. The first-order chi connectivity index (χ1) is 14.3. The minimum atomic E-state index is -0.319. The third-order valence-corrected chi connectivity index (χ3v) is 5.86. The van der Waals surface area contributed by atoms with Crippen LogP contribution in [-0.4, -0.2) is 41.1 Å². The van der Waals surface area contributed by atoms with E-state index < -0.39 is 0 Å². The molecule has 4 aromatic rings. The standard InChI is InChI=1S/C18H18N8O2S/c27-16(14-9-29-18(23-14)11-6-19-20-7-11)22-13-8-26(12-4-2-1-3-5-12)25-15(13)17-24-21-10-28-17/h6-10,12H,1-5H2,(H,19,20)(H,22,27). The molecule has 11 heteroatoms. The lowest BCUT2D eigenvalue weighted by atomic mass is 9.96. The van der Waals surface area contributed by atoms with Gasteiger partial charge in [0.05, 0.1) is 17.9 Å². The van der Waals surface area contributed by atoms with Gasteiger partial charge in [-0.15, -0.1) is 21.5 Å². The van der Waals surface area contributed by atoms with E-state index in [2.05, 4.69) is 35.8 Å². The average molecular weight is 410 g/mol. The van der Waals surface area contributed by atoms with Gasteiger partial charge in [0.15, 0.2) is 5.69 Å². The molecular formula is C18H18N8O2S. The van der Waals surface area contributed by atoms with Crippen molar-refractivity contribution in [3.8, 4) is 22.2 Å². The molecule has 4 aromatic heterocycles. The number of thiazole rings is 1. The number of aromatic nitrogens is 7. The lowest BCUT2D eigenvalue weighted by molar-refractivity contribution is 0.102. The van der Waals surface area contributed by atoms with Gasteiger partial charge in [0.1, 0.15) is 10.7 Å². The van der Waals surface area contributed by atoms with Gasteiger partial charge < -0.3 is 9.73 Å². The minimum Gasteiger partial charge on any atom is -0.422 e. The van der Waals surface area contributed by atoms with Crippen molar-refractivity contribution in [3.05, 3.63) is 36.1 Å². The van der Waals surface area contributed by atoms with Gasteiger partial charge in [-0.05, 0) is 12.8 Å². The molecule has 4 heterocycles. The third kappa shape index (κ3) is 3.56. The van der Waals surface area contributed by atoms with E-state index >= 15 is 0 Å². The molecule has 0 saturated heterocycles. The molecule has 0 aliphatic heterocycles. The Morgan fingerprint density at radius 1 is 1.31 bits per heavy atom. The first-order valence-corrected chi connectivity index (χ1v) is 10.3. The van der Waals surface area contributed by atoms with Crippen LogP contribution in [0.1, 0.15) is 48.6 Å². The van der Waals surface area contributed by atoms with E-state index in [0.29, 0.717) is 23.1 Å². The summed E-state index contributed by atoms with van der Waals surface area (Å²) in [6.45, 7) is 0. The smallest absolute Gasteiger partial charge is 0.275 e. The van der Waals surface area contributed by atoms with Gasteiger partial charge in [-0.2, -0.15) is 10.2 Å². The van der Waals surface area contributed by atoms with Gasteiger partial charge in [0.25, 0.3) is 11.8 Å². The maximum Gasteiger partial charge on any atom is 0.275 e. The highest BCUT2D eigenvalue weighted by Crippen LogP contribution is 2.32. The van der Waals surface area contributed by atoms with Crippen molar-refractivity contribution in [3.63, 3.8) is 0 Å². The number of nitrogens with zero attached hydrogens (tertiary/aromatic N) is 6. The molecular weight excluding hydrogens is 392 g/mol. The Morgan fingerprint density at radius 2 is 2.21 bits per heavy atom. The Hall–Kier alpha value is -3.34. The summed E-state index contributed by atoms with van der Waals surface area (Å²) < 4.78 is 7.24. The number of aromatic amines is 1. The summed E-state index contributed by atoms with van der Waals surface area (Å²) in [4.78, 5) is 17.2. The lowest BCUT2D eigenvalue weighted by Gasteiger charge is -2.21. The molecule has 1 amide bonds. The molecule has 5 rings (SSSR count). The van der Waals surface area contributed by atoms with Crippen LogP contribution in [0.4, 0.5) is 5.69 Å². The van der Waals surface area contributed by atoms with Crippen LogP contribution < -0.4 is 5.32 Å². The summed E-state index contributed by atoms with van der Waals surface area (Å²) in [5.41, 5.74) is 2.16. The highest BCUT2D eigenvalue weighted by Gasteiger charge is 2.23. The van der Waals surface area contributed by atoms with Crippen LogP contribution in [0.5, 0.6) is 0 Å². The van der Waals surface area contributed by atoms with Crippen LogP contribution in [0.3, 0.4) is 0 Å². The number of H-pyrrole nitrogens is 1. The largest absolute Gasteiger partial charge is 0.422 e. The molecule has 2 N–H and O–H groups in total. The van der Waals surface area contributed by atoms with E-state index in [4.69, 9.17) is 4.42 Å². The van der Waals surface area contributed by atoms with E-state index in [1.165, 1.54) is 37.0 Å². The van der Waals surface area contributed by atoms with E-state index in [1.807, 2.05) is 10.9 Å². The zero-order valence-electron chi connectivity index (χ0n) is 15.4. The van der Waals surface area contributed by atoms with E-state index in [9.17, 15) is 4.79 Å². The second-order valence-electron chi connectivity index (χ2n) is 6.89. The number of hydrogen-bond donors (Lipinski definition) is 2. The van der Waals surface area contributed by atoms with Gasteiger partial charge in [0.2, 0.25) is 6.39 Å². The first-order valence-electron chi connectivity index (χ1n) is 9.39. The number of rotatable bonds is 5. The number of nitrogens with one attached hydrogen (secondary N) is 2. The summed E-state index contributed by atoms with van der Waals surface area (Å²) in [6, 6.07) is 0.308. The highest BCUT2D eigenvalue weighted by molar-refractivity contribution is 7.13. The molecule has 0 atom stereocenters. The topological polar surface area (TPSA) is 127 Å². The summed E-state index contributed by atoms with van der Waals surface area (Å²) in [7, 11) is 0. The fourth-order valence-corrected chi connectivity index (χ4v) is 4.30. The van der Waals surface area contributed by atoms with Gasteiger partial charge in [-0.1, -0.05) is 19.3 Å². The number of hydrogen-bond acceptors (Lipinski definition) is 8. The van der Waals surface area contributed by atoms with Gasteiger partial charge in [-0.25, -0.2) is 4.98 Å². The van der Waals surface area contributed by atoms with Crippen molar-refractivity contribution in [2.75, 3.05) is 5.32 Å². The fraction of sp³-hybridized carbons (Fsp3) is 0.333. The van der Waals surface area contributed by atoms with Crippen molar-refractivity contribution in [1.82, 2.24) is 35.2 Å². The highest BCUT2D eigenvalue weighted by atomic mass is 32.1. The van der Waals surface area contributed by atoms with Crippen LogP contribution in [0.15, 0.2) is 34.8 Å². The van der Waals surface area contributed by atoms with E-state index in [-0.39, 0.29) is 11.8 Å². The van der Waals surface area contributed by atoms with Crippen molar-refractivity contribution in [1.29, 1.82) is 0 Å². The van der Waals surface area contributed by atoms with Gasteiger partial charge >= 0.3 is 0 Å². The molecule has 1 aliphatic rings. The van der Waals surface area contributed by atoms with Crippen LogP contribution in [0.25, 0.3) is 22.2 Å². The van der Waals surface area contributed by atoms with Crippen LogP contribution in [0, 0.1) is 0 Å². The minimum absolute atomic E-state index is 0.271. The molecule has 1 aliphatic carbocycles. The summed E-state index contributed by atoms with van der Waals surface area (Å²) in [6.07, 6.45) is 12.2. The number of carbonyl (C=O) groups excluding carboxylic acids is 1. The molecule has 1 saturated carbocycles. The summed E-state index contributed by atoms with van der Waals surface area (Å²) in [5, 5.41) is 24.3. The number of carbonyl (C=O) groups is 1.